The first-order valence-electron chi connectivity index (χ1n) is 14.1. The highest BCUT2D eigenvalue weighted by Crippen LogP contribution is 2.42. The number of carbonyl (C=O) groups excluding carboxylic acids is 2. The summed E-state index contributed by atoms with van der Waals surface area (Å²) in [5.41, 5.74) is -0.274. The van der Waals surface area contributed by atoms with E-state index in [0.717, 1.165) is 19.2 Å². The van der Waals surface area contributed by atoms with E-state index >= 15 is 4.39 Å². The number of para-hydroxylation sites is 1. The number of esters is 2. The van der Waals surface area contributed by atoms with Crippen molar-refractivity contribution >= 4 is 28.5 Å². The Morgan fingerprint density at radius 1 is 1.09 bits per heavy atom. The zero-order valence-corrected chi connectivity index (χ0v) is 24.1. The molecule has 10 heteroatoms. The number of rotatable bonds is 8. The van der Waals surface area contributed by atoms with E-state index in [2.05, 4.69) is 16.7 Å². The Bertz CT molecular complexity index is 1690. The van der Waals surface area contributed by atoms with Crippen LogP contribution in [-0.2, 0) is 4.74 Å². The van der Waals surface area contributed by atoms with E-state index in [-0.39, 0.29) is 53.2 Å². The van der Waals surface area contributed by atoms with Gasteiger partial charge >= 0.3 is 11.9 Å². The van der Waals surface area contributed by atoms with E-state index < -0.39 is 23.2 Å². The third-order valence-corrected chi connectivity index (χ3v) is 7.75. The van der Waals surface area contributed by atoms with Gasteiger partial charge in [-0.15, -0.1) is 24.7 Å². The van der Waals surface area contributed by atoms with Crippen LogP contribution in [0.5, 0.6) is 11.5 Å². The highest BCUT2D eigenvalue weighted by Gasteiger charge is 2.31. The second-order valence-corrected chi connectivity index (χ2v) is 10.8. The maximum atomic E-state index is 15.7. The maximum Gasteiger partial charge on any atom is 0.349 e. The molecular weight excluding hydrogens is 553 g/mol. The summed E-state index contributed by atoms with van der Waals surface area (Å²) in [5.74, 6) is 2.69. The van der Waals surface area contributed by atoms with Crippen LogP contribution in [0.25, 0.3) is 10.9 Å². The number of benzene rings is 2. The van der Waals surface area contributed by atoms with E-state index in [1.165, 1.54) is 18.3 Å². The summed E-state index contributed by atoms with van der Waals surface area (Å²) in [7, 11) is 2.01. The van der Waals surface area contributed by atoms with Crippen LogP contribution in [0.4, 0.5) is 10.1 Å². The predicted molar refractivity (Wildman–Crippen MR) is 160 cm³/mol. The van der Waals surface area contributed by atoms with Crippen LogP contribution in [0.2, 0.25) is 0 Å². The summed E-state index contributed by atoms with van der Waals surface area (Å²) < 4.78 is 34.4. The summed E-state index contributed by atoms with van der Waals surface area (Å²) in [5, 5.41) is 0.00661. The molecule has 0 bridgehead atoms. The molecule has 1 atom stereocenters. The number of carbonyl (C=O) groups is 2. The molecule has 0 amide bonds. The highest BCUT2D eigenvalue weighted by molar-refractivity contribution is 6.00. The van der Waals surface area contributed by atoms with Crippen molar-refractivity contribution < 1.29 is 28.2 Å². The standard InChI is InChI=1S/C33H32FN3O6/c1-5-9-22(10-6-2)20-42-32(39)23-11-7-8-12-27(23)43-33(40)25-18-37-21(3)19-41-31-28(37)24(30(25)38)17-26(34)29(31)36-15-13-35(4)14-16-36/h1-2,7-8,11-12,17-18,21-22H,9-10,13-16,19-20H2,3-4H3/t21-/m0/s1. The zero-order valence-electron chi connectivity index (χ0n) is 24.1. The normalized spacial score (nSPS) is 16.3. The van der Waals surface area contributed by atoms with Crippen LogP contribution in [0.3, 0.4) is 0 Å². The topological polar surface area (TPSA) is 90.3 Å². The fourth-order valence-corrected chi connectivity index (χ4v) is 5.36. The molecule has 2 aromatic carbocycles. The number of anilines is 1. The van der Waals surface area contributed by atoms with Gasteiger partial charge in [-0.1, -0.05) is 12.1 Å². The molecule has 0 spiro atoms. The van der Waals surface area contributed by atoms with Crippen molar-refractivity contribution in [1.29, 1.82) is 0 Å². The van der Waals surface area contributed by atoms with E-state index in [1.807, 2.05) is 18.9 Å². The van der Waals surface area contributed by atoms with Crippen LogP contribution >= 0.6 is 0 Å². The highest BCUT2D eigenvalue weighted by atomic mass is 19.1. The van der Waals surface area contributed by atoms with Gasteiger partial charge in [0.15, 0.2) is 11.6 Å². The molecule has 9 nitrogen and oxygen atoms in total. The molecule has 5 rings (SSSR count). The monoisotopic (exact) mass is 585 g/mol. The maximum absolute atomic E-state index is 15.7. The Balaban J connectivity index is 1.47. The summed E-state index contributed by atoms with van der Waals surface area (Å²) >= 11 is 0. The van der Waals surface area contributed by atoms with E-state index in [1.54, 1.807) is 16.7 Å². The lowest BCUT2D eigenvalue weighted by Crippen LogP contribution is -2.45. The van der Waals surface area contributed by atoms with Crippen molar-refractivity contribution in [3.8, 4) is 36.2 Å². The Labute approximate surface area is 249 Å². The summed E-state index contributed by atoms with van der Waals surface area (Å²) in [6, 6.07) is 6.95. The molecule has 0 radical (unpaired) electrons. The Hall–Kier alpha value is -4.80. The average Bonchev–Trinajstić information content (AvgIpc) is 2.99. The first-order chi connectivity index (χ1) is 20.7. The van der Waals surface area contributed by atoms with Gasteiger partial charge in [-0.25, -0.2) is 14.0 Å². The number of piperazine rings is 1. The Kier molecular flexibility index (Phi) is 8.70. The van der Waals surface area contributed by atoms with Crippen LogP contribution in [0.1, 0.15) is 46.5 Å². The van der Waals surface area contributed by atoms with Gasteiger partial charge in [0.25, 0.3) is 0 Å². The Morgan fingerprint density at radius 3 is 2.49 bits per heavy atom. The van der Waals surface area contributed by atoms with Crippen molar-refractivity contribution in [2.24, 2.45) is 5.92 Å². The lowest BCUT2D eigenvalue weighted by molar-refractivity contribution is 0.0439. The van der Waals surface area contributed by atoms with Gasteiger partial charge in [0, 0.05) is 51.1 Å². The average molecular weight is 586 g/mol. The van der Waals surface area contributed by atoms with Crippen molar-refractivity contribution in [2.75, 3.05) is 51.3 Å². The van der Waals surface area contributed by atoms with Gasteiger partial charge in [-0.05, 0) is 32.2 Å². The lowest BCUT2D eigenvalue weighted by Gasteiger charge is -2.37. The molecule has 0 aliphatic carbocycles. The fourth-order valence-electron chi connectivity index (χ4n) is 5.36. The minimum Gasteiger partial charge on any atom is -0.487 e. The molecular formula is C33H32FN3O6. The van der Waals surface area contributed by atoms with Crippen LogP contribution < -0.4 is 19.8 Å². The summed E-state index contributed by atoms with van der Waals surface area (Å²) in [6.45, 7) is 4.82. The van der Waals surface area contributed by atoms with Gasteiger partial charge in [-0.2, -0.15) is 0 Å². The van der Waals surface area contributed by atoms with Crippen molar-refractivity contribution in [2.45, 2.75) is 25.8 Å². The number of hydrogen-bond donors (Lipinski definition) is 0. The van der Waals surface area contributed by atoms with Gasteiger partial charge in [-0.3, -0.25) is 4.79 Å². The zero-order chi connectivity index (χ0) is 30.7. The molecule has 222 valence electrons. The molecule has 2 aliphatic heterocycles. The Morgan fingerprint density at radius 2 is 1.79 bits per heavy atom. The fraction of sp³-hybridized carbons (Fsp3) is 0.364. The predicted octanol–water partition coefficient (Wildman–Crippen LogP) is 3.88. The number of pyridine rings is 1. The van der Waals surface area contributed by atoms with Crippen molar-refractivity contribution in [1.82, 2.24) is 9.47 Å². The van der Waals surface area contributed by atoms with Gasteiger partial charge in [0.1, 0.15) is 29.2 Å². The van der Waals surface area contributed by atoms with Crippen LogP contribution in [0.15, 0.2) is 41.3 Å². The minimum absolute atomic E-state index is 0.00509. The molecule has 0 N–H and O–H groups in total. The molecule has 3 heterocycles. The van der Waals surface area contributed by atoms with Gasteiger partial charge < -0.3 is 28.6 Å². The number of hydrogen-bond acceptors (Lipinski definition) is 8. The van der Waals surface area contributed by atoms with Gasteiger partial charge in [0.05, 0.1) is 23.6 Å². The van der Waals surface area contributed by atoms with E-state index in [9.17, 15) is 14.4 Å². The third kappa shape index (κ3) is 5.93. The number of ether oxygens (including phenoxy) is 3. The molecule has 2 aliphatic rings. The number of likely N-dealkylation sites (N-methyl/N-ethyl adjacent to an activating group) is 1. The number of halogens is 1. The van der Waals surface area contributed by atoms with Crippen molar-refractivity contribution in [3.63, 3.8) is 0 Å². The number of nitrogens with zero attached hydrogens (tertiary/aromatic N) is 3. The molecule has 0 saturated carbocycles. The largest absolute Gasteiger partial charge is 0.487 e. The third-order valence-electron chi connectivity index (χ3n) is 7.75. The van der Waals surface area contributed by atoms with E-state index in [4.69, 9.17) is 27.1 Å². The first-order valence-corrected chi connectivity index (χ1v) is 14.1. The summed E-state index contributed by atoms with van der Waals surface area (Å²) in [6.07, 6.45) is 12.9. The van der Waals surface area contributed by atoms with E-state index in [0.29, 0.717) is 37.1 Å². The van der Waals surface area contributed by atoms with Crippen LogP contribution in [0, 0.1) is 36.4 Å². The second kappa shape index (κ2) is 12.6. The molecule has 3 aromatic rings. The lowest BCUT2D eigenvalue weighted by atomic mass is 10.0. The molecule has 1 fully saturated rings. The SMILES string of the molecule is C#CCC(CC#C)COC(=O)c1ccccc1OC(=O)c1cn2c3c(c(N4CCN(C)CC4)c(F)cc3c1=O)OC[C@@H]2C. The molecule has 43 heavy (non-hydrogen) atoms. The van der Waals surface area contributed by atoms with Crippen LogP contribution in [-0.4, -0.2) is 67.8 Å². The molecule has 0 unspecified atom stereocenters. The minimum atomic E-state index is -0.989. The first kappa shape index (κ1) is 29.7. The molecule has 1 saturated heterocycles. The quantitative estimate of drug-likeness (QED) is 0.224. The number of aromatic nitrogens is 1. The van der Waals surface area contributed by atoms with Crippen molar-refractivity contribution in [3.05, 3.63) is 63.7 Å². The smallest absolute Gasteiger partial charge is 0.349 e. The number of terminal acetylenes is 2. The van der Waals surface area contributed by atoms with Gasteiger partial charge in [0.2, 0.25) is 5.43 Å². The summed E-state index contributed by atoms with van der Waals surface area (Å²) in [4.78, 5) is 44.0. The molecule has 1 aromatic heterocycles. The second-order valence-electron chi connectivity index (χ2n) is 10.8.